The van der Waals surface area contributed by atoms with Gasteiger partial charge >= 0.3 is 32.1 Å². The molecule has 8 rings (SSSR count). The third-order valence-corrected chi connectivity index (χ3v) is 18.6. The summed E-state index contributed by atoms with van der Waals surface area (Å²) in [6.45, 7) is -0.450. The monoisotopic (exact) mass is 1400 g/mol. The van der Waals surface area contributed by atoms with Gasteiger partial charge in [-0.05, 0) is 105 Å². The SMILES string of the molecule is Cc1cc(C(=O)N[C@@H](CC(=O)O)C(=O)O)cc(OP(=O)(O)O)c1C(C)CC(=O)CN(Cc1nn(CC(F)(F)F)c2c(-c3ccc(C#CC(C)(C)S(C)(=O)=O)nc3[C@H](Cc3cc(F)cc(F)c3)NC(=O)Cn3nc(C(F)(F)F)c4c3C(F)(F)[C@@H]3C[C@H]43)ccc(Cl)c12)[SH](=O)=O. The number of aryl methyl sites for hydroxylation is 1. The van der Waals surface area contributed by atoms with E-state index in [4.69, 9.17) is 21.2 Å². The van der Waals surface area contributed by atoms with Crippen LogP contribution in [0.25, 0.3) is 22.0 Å². The number of hydrogen-bond acceptors (Lipinski definition) is 14. The van der Waals surface area contributed by atoms with E-state index in [1.54, 1.807) is 0 Å². The first-order valence-electron chi connectivity index (χ1n) is 27.2. The second kappa shape index (κ2) is 26.1. The number of phosphoric acid groups is 1. The number of carboxylic acid groups (broad SMARTS) is 2. The maximum absolute atomic E-state index is 15.7. The van der Waals surface area contributed by atoms with Gasteiger partial charge in [0.1, 0.15) is 58.4 Å². The lowest BCUT2D eigenvalue weighted by Crippen LogP contribution is -2.42. The highest BCUT2D eigenvalue weighted by Crippen LogP contribution is 2.68. The summed E-state index contributed by atoms with van der Waals surface area (Å²) in [7, 11) is -13.4. The molecule has 93 heavy (non-hydrogen) atoms. The van der Waals surface area contributed by atoms with Gasteiger partial charge in [-0.1, -0.05) is 30.5 Å². The Hall–Kier alpha value is -8.00. The Labute approximate surface area is 526 Å². The van der Waals surface area contributed by atoms with E-state index < -0.39 is 224 Å². The fraction of sp³-hybridized carbons (Fsp3) is 0.393. The number of ketones is 1. The van der Waals surface area contributed by atoms with Crippen LogP contribution in [0.15, 0.2) is 54.6 Å². The largest absolute Gasteiger partial charge is 0.524 e. The van der Waals surface area contributed by atoms with Crippen molar-refractivity contribution in [3.8, 4) is 28.7 Å². The molecular weight excluding hydrogens is 1350 g/mol. The predicted molar refractivity (Wildman–Crippen MR) is 307 cm³/mol. The van der Waals surface area contributed by atoms with Crippen LogP contribution >= 0.6 is 19.4 Å². The summed E-state index contributed by atoms with van der Waals surface area (Å²) in [6.07, 6.45) is -12.4. The molecular formula is C56H52ClF10N8O15PS2. The number of carbonyl (C=O) groups excluding carboxylic acids is 3. The van der Waals surface area contributed by atoms with Gasteiger partial charge in [-0.3, -0.25) is 38.3 Å². The number of aromatic nitrogens is 5. The molecule has 0 aliphatic heterocycles. The first kappa shape index (κ1) is 70.9. The van der Waals surface area contributed by atoms with E-state index in [9.17, 15) is 95.4 Å². The quantitative estimate of drug-likeness (QED) is 0.0131. The average Bonchev–Trinajstić information content (AvgIpc) is 1.52. The summed E-state index contributed by atoms with van der Waals surface area (Å²) in [5.41, 5.74) is -7.29. The van der Waals surface area contributed by atoms with Gasteiger partial charge in [0.25, 0.3) is 11.8 Å². The summed E-state index contributed by atoms with van der Waals surface area (Å²) in [6, 6.07) is 4.48. The van der Waals surface area contributed by atoms with E-state index in [1.165, 1.54) is 27.7 Å². The molecule has 0 spiro atoms. The molecule has 2 amide bonds. The minimum absolute atomic E-state index is 0.0211. The van der Waals surface area contributed by atoms with Crippen molar-refractivity contribution in [2.75, 3.05) is 12.8 Å². The second-order valence-corrected chi connectivity index (χ2v) is 27.8. The van der Waals surface area contributed by atoms with Crippen LogP contribution in [0.4, 0.5) is 43.9 Å². The van der Waals surface area contributed by atoms with E-state index in [-0.39, 0.29) is 44.6 Å². The molecule has 37 heteroatoms. The van der Waals surface area contributed by atoms with Crippen molar-refractivity contribution in [1.29, 1.82) is 0 Å². The lowest BCUT2D eigenvalue weighted by molar-refractivity contribution is -0.145. The standard InChI is InChI=1S/C56H52ClF10N8O15PS2/c1-25-12-28(51(80)70-39(52(81)82)20-43(78)79)17-41(90-91(83,84)85)44(25)26(2)13-32(76)21-73(92(86)87)22-40-46-37(57)9-8-34(48(46)75(71-40)24-54(60,61)62)33-7-6-31(10-11-53(3,4)93(5,88)89)68-47(33)38(16-27-14-29(58)18-30(59)15-27)69-42(77)23-74-50-45(49(72-74)56(65,66)67)35-19-36(35)55(50,63)64/h6-9,12,14-15,17-18,26,35-36,38-39,92H,13,16,19-24H2,1-5H3,(H,69,77)(H,70,80)(H,78,79)(H,81,82)(H2,83,84,85)/t26?,35-,36+,38-,39-/m0/s1. The molecule has 2 aliphatic rings. The minimum atomic E-state index is -5.51. The highest BCUT2D eigenvalue weighted by Gasteiger charge is 2.68. The van der Waals surface area contributed by atoms with Crippen molar-refractivity contribution >= 4 is 80.6 Å². The van der Waals surface area contributed by atoms with Crippen molar-refractivity contribution in [3.63, 3.8) is 0 Å². The molecule has 6 N–H and O–H groups in total. The van der Waals surface area contributed by atoms with E-state index >= 15 is 8.78 Å². The van der Waals surface area contributed by atoms with Gasteiger partial charge in [0, 0.05) is 57.9 Å². The zero-order valence-corrected chi connectivity index (χ0v) is 52.0. The topological polar surface area (TPSA) is 337 Å². The van der Waals surface area contributed by atoms with E-state index in [0.717, 1.165) is 54.8 Å². The predicted octanol–water partition coefficient (Wildman–Crippen LogP) is 7.82. The molecule has 0 radical (unpaired) electrons. The van der Waals surface area contributed by atoms with E-state index in [0.29, 0.717) is 15.1 Å². The number of phosphoric ester groups is 1. The number of hydrogen-bond donors (Lipinski definition) is 7. The Bertz CT molecular complexity index is 4360. The molecule has 1 fully saturated rings. The van der Waals surface area contributed by atoms with Gasteiger partial charge in [-0.25, -0.2) is 40.0 Å². The number of rotatable bonds is 24. The summed E-state index contributed by atoms with van der Waals surface area (Å²) in [5.74, 6) is -12.8. The van der Waals surface area contributed by atoms with Gasteiger partial charge in [0.05, 0.1) is 47.5 Å². The third kappa shape index (κ3) is 16.2. The fourth-order valence-electron chi connectivity index (χ4n) is 10.9. The zero-order chi connectivity index (χ0) is 69.2. The number of aliphatic carboxylic acids is 2. The average molecular weight is 1400 g/mol. The highest BCUT2D eigenvalue weighted by molar-refractivity contribution is 7.92. The Morgan fingerprint density at radius 3 is 2.16 bits per heavy atom. The molecule has 3 aromatic carbocycles. The normalized spacial score (nSPS) is 16.5. The fourth-order valence-corrected chi connectivity index (χ4v) is 12.3. The number of nitrogens with zero attached hydrogens (tertiary/aromatic N) is 6. The molecule has 1 saturated carbocycles. The number of alkyl halides is 8. The minimum Gasteiger partial charge on any atom is -0.481 e. The molecule has 0 saturated heterocycles. The first-order chi connectivity index (χ1) is 42.8. The lowest BCUT2D eigenvalue weighted by Gasteiger charge is -2.23. The number of pyridine rings is 1. The second-order valence-electron chi connectivity index (χ2n) is 22.6. The van der Waals surface area contributed by atoms with Crippen LogP contribution in [0.5, 0.6) is 5.75 Å². The highest BCUT2D eigenvalue weighted by atomic mass is 35.5. The third-order valence-electron chi connectivity index (χ3n) is 15.2. The smallest absolute Gasteiger partial charge is 0.481 e. The van der Waals surface area contributed by atoms with E-state index in [2.05, 4.69) is 32.3 Å². The number of fused-ring (bicyclic) bond motifs is 4. The molecule has 0 bridgehead atoms. The van der Waals surface area contributed by atoms with Crippen LogP contribution in [-0.4, -0.2) is 125 Å². The maximum Gasteiger partial charge on any atom is 0.524 e. The number of amides is 2. The van der Waals surface area contributed by atoms with Crippen LogP contribution in [0.1, 0.15) is 119 Å². The number of Topliss-reactive ketones (excluding diaryl/α,β-unsaturated/α-hetero) is 1. The Balaban J connectivity index is 1.22. The van der Waals surface area contributed by atoms with Crippen LogP contribution in [0.2, 0.25) is 5.02 Å². The molecule has 23 nitrogen and oxygen atoms in total. The van der Waals surface area contributed by atoms with Crippen molar-refractivity contribution in [2.24, 2.45) is 5.92 Å². The molecule has 500 valence electrons. The summed E-state index contributed by atoms with van der Waals surface area (Å²) in [4.78, 5) is 88.4. The maximum atomic E-state index is 15.7. The van der Waals surface area contributed by atoms with Gasteiger partial charge in [0.2, 0.25) is 16.8 Å². The summed E-state index contributed by atoms with van der Waals surface area (Å²) < 4.78 is 217. The molecule has 2 aliphatic carbocycles. The Kier molecular flexibility index (Phi) is 19.9. The first-order valence-corrected chi connectivity index (χ1v) is 32.1. The number of sulfone groups is 1. The van der Waals surface area contributed by atoms with Crippen LogP contribution < -0.4 is 15.2 Å². The van der Waals surface area contributed by atoms with Gasteiger partial charge in [-0.2, -0.15) is 49.6 Å². The zero-order valence-electron chi connectivity index (χ0n) is 48.7. The van der Waals surface area contributed by atoms with Gasteiger partial charge in [0.15, 0.2) is 15.5 Å². The number of benzene rings is 3. The van der Waals surface area contributed by atoms with Crippen molar-refractivity contribution in [3.05, 3.63) is 128 Å². The van der Waals surface area contributed by atoms with Crippen molar-refractivity contribution in [2.45, 2.75) is 120 Å². The number of carbonyl (C=O) groups is 5. The number of halogens is 11. The van der Waals surface area contributed by atoms with Gasteiger partial charge in [-0.15, -0.1) is 0 Å². The van der Waals surface area contributed by atoms with Crippen molar-refractivity contribution < 1.29 is 114 Å². The molecule has 6 aromatic rings. The summed E-state index contributed by atoms with van der Waals surface area (Å²) >= 11 is 6.75. The summed E-state index contributed by atoms with van der Waals surface area (Å²) in [5, 5.41) is 29.6. The Morgan fingerprint density at radius 2 is 1.58 bits per heavy atom. The van der Waals surface area contributed by atoms with Crippen molar-refractivity contribution in [1.82, 2.24) is 39.5 Å². The molecule has 3 aromatic heterocycles. The van der Waals surface area contributed by atoms with Crippen LogP contribution in [0.3, 0.4) is 0 Å². The van der Waals surface area contributed by atoms with Gasteiger partial charge < -0.3 is 25.4 Å². The number of carboxylic acids is 2. The van der Waals surface area contributed by atoms with Crippen LogP contribution in [-0.2, 0) is 82.6 Å². The van der Waals surface area contributed by atoms with Crippen LogP contribution in [0, 0.1) is 36.3 Å². The molecule has 1 unspecified atom stereocenters. The van der Waals surface area contributed by atoms with E-state index in [1.807, 2.05) is 5.32 Å². The number of nitrogens with one attached hydrogen (secondary N) is 2. The lowest BCUT2D eigenvalue weighted by atomic mass is 9.89. The Morgan fingerprint density at radius 1 is 0.935 bits per heavy atom. The molecule has 5 atom stereocenters. The number of thiol groups is 1. The molecule has 3 heterocycles.